The maximum Gasteiger partial charge on any atom is 2.00 e. The Kier molecular flexibility index (Phi) is 24.1. The number of primary amides is 6. The second kappa shape index (κ2) is 29.8. The smallest absolute Gasteiger partial charge is 0.756 e. The van der Waals surface area contributed by atoms with E-state index in [4.69, 9.17) is 85.1 Å². The zero-order valence-corrected chi connectivity index (χ0v) is 58.0. The summed E-state index contributed by atoms with van der Waals surface area (Å²) in [5, 5.41) is 26.4. The summed E-state index contributed by atoms with van der Waals surface area (Å²) in [6.07, 6.45) is -3.60. The number of phosphoric acid groups is 1. The minimum absolute atomic E-state index is 0. The van der Waals surface area contributed by atoms with Gasteiger partial charge in [0, 0.05) is 121 Å². The summed E-state index contributed by atoms with van der Waals surface area (Å²) >= 11 is 0. The Morgan fingerprint density at radius 3 is 1.97 bits per heavy atom. The van der Waals surface area contributed by atoms with Crippen molar-refractivity contribution >= 4 is 77.3 Å². The first-order chi connectivity index (χ1) is 43.8. The number of benzene rings is 1. The van der Waals surface area contributed by atoms with E-state index in [-0.39, 0.29) is 107 Å². The van der Waals surface area contributed by atoms with Crippen LogP contribution in [0.1, 0.15) is 157 Å². The van der Waals surface area contributed by atoms with Crippen molar-refractivity contribution in [3.05, 3.63) is 75.8 Å². The molecule has 28 nitrogen and oxygen atoms in total. The molecule has 2 aromatic rings. The molecule has 1 radical (unpaired) electrons. The number of aryl methyl sites for hydroxylation is 2. The molecule has 7 amide bonds. The van der Waals surface area contributed by atoms with Crippen LogP contribution in [-0.4, -0.2) is 129 Å². The zero-order chi connectivity index (χ0) is 70.1. The van der Waals surface area contributed by atoms with E-state index >= 15 is 0 Å². The van der Waals surface area contributed by atoms with Crippen LogP contribution in [0.25, 0.3) is 16.4 Å². The molecule has 8 rings (SSSR count). The van der Waals surface area contributed by atoms with Crippen LogP contribution < -0.4 is 44.6 Å². The van der Waals surface area contributed by atoms with E-state index in [0.29, 0.717) is 56.4 Å². The molecule has 95 heavy (non-hydrogen) atoms. The van der Waals surface area contributed by atoms with E-state index in [2.05, 4.69) is 10.3 Å². The number of ether oxygens (including phenoxy) is 2. The number of nitrogens with one attached hydrogen (secondary N) is 1. The Balaban J connectivity index is 0.00000472. The van der Waals surface area contributed by atoms with Gasteiger partial charge in [-0.1, -0.05) is 47.1 Å². The summed E-state index contributed by atoms with van der Waals surface area (Å²) in [4.78, 5) is 128. The Hall–Kier alpha value is -7.00. The SMILES string of the molecule is COCC1OC(n2cnc3cc(C)c(C)cc32)C(O)C1OP(=O)([O-])OC(C)CNC(=O)CCC1(C)C2=NC(C1CC(N)=O)C1(C)[N-]/C(=C(/C)C3=N/C(=C\C4=NC(=C\2C)/C(CCC(N)=O)C4(C)C)C(CCC(N)=O)C3(C)CC(N)=O)C(CCC(N)=O)C1(C)CCC(N)=O.[C-]#N.[Co+2]. The van der Waals surface area contributed by atoms with Crippen molar-refractivity contribution < 1.29 is 83.4 Å². The Bertz CT molecular complexity index is 3640. The van der Waals surface area contributed by atoms with Crippen molar-refractivity contribution in [2.75, 3.05) is 20.3 Å². The van der Waals surface area contributed by atoms with E-state index in [1.54, 1.807) is 4.57 Å². The molecule has 1 aromatic heterocycles. The largest absolute Gasteiger partial charge is 2.00 e. The van der Waals surface area contributed by atoms with E-state index in [1.807, 2.05) is 87.4 Å². The standard InChI is InChI=1S/C64H94N13O14P.CN.Co/c1-31-23-41-42(24-32(31)2)77(30-72-41)59-54(85)55(43(89-59)29-88-12)91-92(86,87)90-33(3)28-71-51(84)20-21-61(8)39(25-49(69)82)58-64(11)63(10,22-19-48(68)81)38(15-18-47(67)80)53(76-64)35(5)57-62(9,27-50(70)83)36(13-16-45(65)78)40(73-57)26-44-60(6,7)37(14-17-46(66)79)52(74-44)34(4)56(61)75-58;1-2;/h23-24,26,30,33,36-39,43,54-55,58-59,85H,13-22,25,27-29H2,1-12H3,(H15,65,66,67,68,69,70,71,73,74,75,76,78,79,80,81,82,83,84,86,87);;/q;-1;+2/p-2. The number of rotatable bonds is 28. The molecule has 2 saturated heterocycles. The second-order valence-corrected chi connectivity index (χ2v) is 28.9. The molecule has 1 aromatic carbocycles. The van der Waals surface area contributed by atoms with Gasteiger partial charge in [-0.3, -0.25) is 53.1 Å². The summed E-state index contributed by atoms with van der Waals surface area (Å²) < 4.78 is 37.9. The number of aliphatic imine (C=N–C) groups is 3. The van der Waals surface area contributed by atoms with E-state index in [9.17, 15) is 48.1 Å². The summed E-state index contributed by atoms with van der Waals surface area (Å²) in [5.41, 5.74) is 37.4. The van der Waals surface area contributed by atoms with Gasteiger partial charge >= 0.3 is 16.8 Å². The third kappa shape index (κ3) is 15.4. The number of hydrogen-bond acceptors (Lipinski definition) is 19. The fourth-order valence-electron chi connectivity index (χ4n) is 15.6. The Labute approximate surface area is 564 Å². The number of carbonyl (C=O) groups is 7. The summed E-state index contributed by atoms with van der Waals surface area (Å²) in [7, 11) is -3.88. The van der Waals surface area contributed by atoms with Crippen LogP contribution in [0.15, 0.2) is 67.8 Å². The number of aliphatic hydroxyl groups is 1. The molecule has 0 spiro atoms. The number of carbonyl (C=O) groups excluding carboxylic acids is 7. The Morgan fingerprint density at radius 2 is 1.39 bits per heavy atom. The average molecular weight is 1380 g/mol. The van der Waals surface area contributed by atoms with Crippen molar-refractivity contribution in [3.63, 3.8) is 0 Å². The number of aliphatic hydroxyl groups excluding tert-OH is 1. The van der Waals surface area contributed by atoms with Crippen molar-refractivity contribution in [1.82, 2.24) is 14.9 Å². The van der Waals surface area contributed by atoms with Gasteiger partial charge in [-0.2, -0.15) is 5.70 Å². The molecule has 6 aliphatic heterocycles. The van der Waals surface area contributed by atoms with E-state index in [0.717, 1.165) is 11.1 Å². The average Bonchev–Trinajstić information content (AvgIpc) is 1.53. The van der Waals surface area contributed by atoms with Gasteiger partial charge in [-0.15, -0.1) is 0 Å². The van der Waals surface area contributed by atoms with Crippen LogP contribution in [0.4, 0.5) is 0 Å². The molecule has 2 fully saturated rings. The van der Waals surface area contributed by atoms with Crippen LogP contribution in [0.2, 0.25) is 0 Å². The minimum Gasteiger partial charge on any atom is -0.756 e. The van der Waals surface area contributed by atoms with Crippen LogP contribution in [0, 0.1) is 71.0 Å². The van der Waals surface area contributed by atoms with Gasteiger partial charge in [0.2, 0.25) is 41.4 Å². The summed E-state index contributed by atoms with van der Waals surface area (Å²) in [5.74, 6) is -6.99. The topological polar surface area (TPSA) is 478 Å². The van der Waals surface area contributed by atoms with Crippen molar-refractivity contribution in [1.29, 1.82) is 5.26 Å². The number of aromatic nitrogens is 2. The molecular weight excluding hydrogens is 1290 g/mol. The monoisotopic (exact) mass is 1380 g/mol. The van der Waals surface area contributed by atoms with Gasteiger partial charge in [-0.25, -0.2) is 4.98 Å². The maximum atomic E-state index is 14.4. The molecular formula is C65H92CoN14O14P-. The molecule has 14 N–H and O–H groups in total. The third-order valence-corrected chi connectivity index (χ3v) is 22.1. The summed E-state index contributed by atoms with van der Waals surface area (Å²) in [6, 6.07) is 2.79. The van der Waals surface area contributed by atoms with Crippen molar-refractivity contribution in [2.24, 2.45) is 94.7 Å². The van der Waals surface area contributed by atoms with Gasteiger partial charge in [0.05, 0.1) is 30.1 Å². The van der Waals surface area contributed by atoms with Gasteiger partial charge < -0.3 is 90.0 Å². The molecule has 0 saturated carbocycles. The fourth-order valence-corrected chi connectivity index (χ4v) is 16.7. The normalized spacial score (nSPS) is 32.7. The molecule has 0 aliphatic carbocycles. The first-order valence-electron chi connectivity index (χ1n) is 31.6. The number of allylic oxidation sites excluding steroid dienone is 6. The van der Waals surface area contributed by atoms with E-state index < -0.39 is 137 Å². The maximum absolute atomic E-state index is 14.4. The zero-order valence-electron chi connectivity index (χ0n) is 56.1. The van der Waals surface area contributed by atoms with Crippen LogP contribution >= 0.6 is 7.82 Å². The Morgan fingerprint density at radius 1 is 0.800 bits per heavy atom. The predicted octanol–water partition coefficient (Wildman–Crippen LogP) is 4.45. The quantitative estimate of drug-likeness (QED) is 0.0431. The first kappa shape index (κ1) is 77.0. The number of fused-ring (bicyclic) bond motifs is 7. The van der Waals surface area contributed by atoms with Crippen LogP contribution in [0.3, 0.4) is 0 Å². The number of nitrogens with two attached hydrogens (primary N) is 6. The van der Waals surface area contributed by atoms with Gasteiger partial charge in [0.1, 0.15) is 18.3 Å². The fraction of sp³-hybridized carbons (Fsp3) is 0.631. The molecule has 7 heterocycles. The van der Waals surface area contributed by atoms with E-state index in [1.165, 1.54) is 20.4 Å². The number of nitrogens with zero attached hydrogens (tertiary/aromatic N) is 7. The van der Waals surface area contributed by atoms with Gasteiger partial charge in [0.15, 0.2) is 6.23 Å². The number of imidazole rings is 1. The molecule has 8 bridgehead atoms. The second-order valence-electron chi connectivity index (χ2n) is 27.6. The summed E-state index contributed by atoms with van der Waals surface area (Å²) in [6.45, 7) is 24.7. The van der Waals surface area contributed by atoms with Gasteiger partial charge in [0.25, 0.3) is 7.82 Å². The molecule has 6 aliphatic rings. The third-order valence-electron chi connectivity index (χ3n) is 21.0. The predicted molar refractivity (Wildman–Crippen MR) is 346 cm³/mol. The van der Waals surface area contributed by atoms with Gasteiger partial charge in [-0.05, 0) is 124 Å². The van der Waals surface area contributed by atoms with Crippen LogP contribution in [-0.2, 0) is 73.4 Å². The molecule has 15 atom stereocenters. The van der Waals surface area contributed by atoms with Crippen molar-refractivity contribution in [3.8, 4) is 0 Å². The number of phosphoric ester groups is 1. The number of amides is 7. The van der Waals surface area contributed by atoms with Crippen LogP contribution in [0.5, 0.6) is 0 Å². The molecule has 521 valence electrons. The number of hydrogen-bond donors (Lipinski definition) is 8. The van der Waals surface area contributed by atoms with Crippen molar-refractivity contribution in [2.45, 2.75) is 195 Å². The first-order valence-corrected chi connectivity index (χ1v) is 33.1. The minimum atomic E-state index is -5.27. The molecule has 15 unspecified atom stereocenters. The molecule has 30 heteroatoms. The number of methoxy groups -OCH3 is 1.